The summed E-state index contributed by atoms with van der Waals surface area (Å²) in [4.78, 5) is 23.0. The van der Waals surface area contributed by atoms with E-state index in [1.54, 1.807) is 6.92 Å². The van der Waals surface area contributed by atoms with E-state index in [-0.39, 0.29) is 17.3 Å². The standard InChI is InChI=1S/C17H25N3O4/c1-12-9-15(19(22)23)16(24-4)10-14(12)18-17(21)11-20(2,3)13-7-5-6-8-13/h9-10,13H,5-8,11H2,1-4H3/p+1. The number of carbonyl (C=O) groups excluding carboxylic acids is 1. The number of methoxy groups -OCH3 is 1. The highest BCUT2D eigenvalue weighted by Crippen LogP contribution is 2.33. The fourth-order valence-electron chi connectivity index (χ4n) is 3.41. The summed E-state index contributed by atoms with van der Waals surface area (Å²) in [5.74, 6) is 0.0522. The van der Waals surface area contributed by atoms with Gasteiger partial charge in [0.15, 0.2) is 12.3 Å². The van der Waals surface area contributed by atoms with Crippen LogP contribution in [0.5, 0.6) is 5.75 Å². The summed E-state index contributed by atoms with van der Waals surface area (Å²) in [7, 11) is 5.54. The molecule has 1 fully saturated rings. The number of quaternary nitrogens is 1. The van der Waals surface area contributed by atoms with Crippen molar-refractivity contribution >= 4 is 17.3 Å². The number of benzene rings is 1. The van der Waals surface area contributed by atoms with E-state index in [1.165, 1.54) is 32.1 Å². The molecule has 0 radical (unpaired) electrons. The van der Waals surface area contributed by atoms with Crippen molar-refractivity contribution in [2.75, 3.05) is 33.1 Å². The number of anilines is 1. The molecule has 0 aliphatic heterocycles. The molecule has 1 aliphatic carbocycles. The molecular formula is C17H26N3O4+. The molecule has 0 saturated heterocycles. The molecule has 1 N–H and O–H groups in total. The monoisotopic (exact) mass is 336 g/mol. The number of hydrogen-bond donors (Lipinski definition) is 1. The Balaban J connectivity index is 2.12. The van der Waals surface area contributed by atoms with Crippen molar-refractivity contribution in [2.24, 2.45) is 0 Å². The van der Waals surface area contributed by atoms with Crippen LogP contribution in [-0.2, 0) is 4.79 Å². The molecule has 1 amide bonds. The van der Waals surface area contributed by atoms with Gasteiger partial charge in [0.25, 0.3) is 5.91 Å². The minimum Gasteiger partial charge on any atom is -0.490 e. The second-order valence-electron chi connectivity index (χ2n) is 7.02. The van der Waals surface area contributed by atoms with E-state index in [2.05, 4.69) is 19.4 Å². The maximum Gasteiger partial charge on any atom is 0.311 e. The lowest BCUT2D eigenvalue weighted by atomic mass is 10.1. The molecule has 132 valence electrons. The Hall–Kier alpha value is -2.15. The lowest BCUT2D eigenvalue weighted by molar-refractivity contribution is -0.906. The van der Waals surface area contributed by atoms with Crippen molar-refractivity contribution in [3.8, 4) is 5.75 Å². The highest BCUT2D eigenvalue weighted by atomic mass is 16.6. The lowest BCUT2D eigenvalue weighted by Crippen LogP contribution is -2.51. The fraction of sp³-hybridized carbons (Fsp3) is 0.588. The summed E-state index contributed by atoms with van der Waals surface area (Å²) in [5, 5.41) is 13.9. The number of amides is 1. The normalized spacial score (nSPS) is 15.3. The average Bonchev–Trinajstić information content (AvgIpc) is 3.03. The molecule has 0 spiro atoms. The van der Waals surface area contributed by atoms with E-state index in [0.717, 1.165) is 12.8 Å². The van der Waals surface area contributed by atoms with Gasteiger partial charge in [0, 0.05) is 17.8 Å². The molecule has 0 atom stereocenters. The Morgan fingerprint density at radius 2 is 2.00 bits per heavy atom. The molecule has 1 saturated carbocycles. The molecule has 2 rings (SSSR count). The lowest BCUT2D eigenvalue weighted by Gasteiger charge is -2.35. The minimum absolute atomic E-state index is 0.0918. The van der Waals surface area contributed by atoms with E-state index >= 15 is 0 Å². The predicted octanol–water partition coefficient (Wildman–Crippen LogP) is 2.87. The van der Waals surface area contributed by atoms with E-state index in [0.29, 0.717) is 28.3 Å². The number of nitro groups is 1. The van der Waals surface area contributed by atoms with E-state index in [9.17, 15) is 14.9 Å². The van der Waals surface area contributed by atoms with Crippen molar-refractivity contribution in [1.29, 1.82) is 0 Å². The molecule has 0 heterocycles. The first-order chi connectivity index (χ1) is 11.2. The van der Waals surface area contributed by atoms with Crippen molar-refractivity contribution in [1.82, 2.24) is 0 Å². The zero-order valence-corrected chi connectivity index (χ0v) is 14.8. The Morgan fingerprint density at radius 1 is 1.38 bits per heavy atom. The summed E-state index contributed by atoms with van der Waals surface area (Å²) in [6.45, 7) is 2.11. The molecule has 0 aromatic heterocycles. The molecule has 1 aromatic rings. The van der Waals surface area contributed by atoms with Crippen molar-refractivity contribution in [3.63, 3.8) is 0 Å². The molecule has 7 heteroatoms. The third-order valence-electron chi connectivity index (χ3n) is 4.86. The zero-order valence-electron chi connectivity index (χ0n) is 14.8. The van der Waals surface area contributed by atoms with Gasteiger partial charge in [0.05, 0.1) is 32.2 Å². The van der Waals surface area contributed by atoms with Crippen LogP contribution >= 0.6 is 0 Å². The summed E-state index contributed by atoms with van der Waals surface area (Å²) in [6, 6.07) is 3.45. The number of aryl methyl sites for hydroxylation is 1. The third-order valence-corrected chi connectivity index (χ3v) is 4.86. The van der Waals surface area contributed by atoms with Gasteiger partial charge in [-0.05, 0) is 38.2 Å². The molecule has 1 aromatic carbocycles. The van der Waals surface area contributed by atoms with Gasteiger partial charge < -0.3 is 14.5 Å². The number of nitrogens with one attached hydrogen (secondary N) is 1. The Bertz CT molecular complexity index is 637. The van der Waals surface area contributed by atoms with Gasteiger partial charge in [-0.3, -0.25) is 14.9 Å². The number of carbonyl (C=O) groups is 1. The van der Waals surface area contributed by atoms with Gasteiger partial charge in [-0.2, -0.15) is 0 Å². The van der Waals surface area contributed by atoms with Crippen LogP contribution in [-0.4, -0.2) is 49.1 Å². The number of ether oxygens (including phenoxy) is 1. The fourth-order valence-corrected chi connectivity index (χ4v) is 3.41. The van der Waals surface area contributed by atoms with Gasteiger partial charge in [0.1, 0.15) is 0 Å². The average molecular weight is 336 g/mol. The van der Waals surface area contributed by atoms with Gasteiger partial charge in [-0.25, -0.2) is 0 Å². The minimum atomic E-state index is -0.489. The number of likely N-dealkylation sites (N-methyl/N-ethyl adjacent to an activating group) is 1. The summed E-state index contributed by atoms with van der Waals surface area (Å²) < 4.78 is 5.73. The zero-order chi connectivity index (χ0) is 17.9. The topological polar surface area (TPSA) is 81.5 Å². The summed E-state index contributed by atoms with van der Waals surface area (Å²) >= 11 is 0. The second-order valence-corrected chi connectivity index (χ2v) is 7.02. The Kier molecular flexibility index (Phi) is 5.43. The Labute approximate surface area is 142 Å². The van der Waals surface area contributed by atoms with E-state index < -0.39 is 4.92 Å². The van der Waals surface area contributed by atoms with Crippen LogP contribution in [0.1, 0.15) is 31.2 Å². The molecule has 0 unspecified atom stereocenters. The first kappa shape index (κ1) is 18.2. The van der Waals surface area contributed by atoms with Gasteiger partial charge >= 0.3 is 5.69 Å². The maximum absolute atomic E-state index is 12.5. The third kappa shape index (κ3) is 4.03. The van der Waals surface area contributed by atoms with E-state index in [1.807, 2.05) is 0 Å². The molecular weight excluding hydrogens is 310 g/mol. The highest BCUT2D eigenvalue weighted by Gasteiger charge is 2.33. The van der Waals surface area contributed by atoms with Crippen LogP contribution in [0.3, 0.4) is 0 Å². The smallest absolute Gasteiger partial charge is 0.311 e. The number of rotatable bonds is 6. The highest BCUT2D eigenvalue weighted by molar-refractivity contribution is 5.93. The van der Waals surface area contributed by atoms with Crippen LogP contribution in [0.4, 0.5) is 11.4 Å². The number of hydrogen-bond acceptors (Lipinski definition) is 4. The quantitative estimate of drug-likeness (QED) is 0.492. The van der Waals surface area contributed by atoms with E-state index in [4.69, 9.17) is 4.74 Å². The van der Waals surface area contributed by atoms with Gasteiger partial charge in [0.2, 0.25) is 0 Å². The molecule has 1 aliphatic rings. The van der Waals surface area contributed by atoms with Crippen LogP contribution in [0.2, 0.25) is 0 Å². The molecule has 7 nitrogen and oxygen atoms in total. The summed E-state index contributed by atoms with van der Waals surface area (Å²) in [5.41, 5.74) is 1.09. The largest absolute Gasteiger partial charge is 0.490 e. The number of nitro benzene ring substituents is 1. The van der Waals surface area contributed by atoms with Crippen LogP contribution in [0, 0.1) is 17.0 Å². The van der Waals surface area contributed by atoms with Gasteiger partial charge in [-0.1, -0.05) is 0 Å². The first-order valence-electron chi connectivity index (χ1n) is 8.20. The van der Waals surface area contributed by atoms with Crippen molar-refractivity contribution < 1.29 is 18.9 Å². The van der Waals surface area contributed by atoms with Crippen LogP contribution in [0.15, 0.2) is 12.1 Å². The SMILES string of the molecule is COc1cc(NC(=O)C[N+](C)(C)C2CCCC2)c(C)cc1[N+](=O)[O-]. The maximum atomic E-state index is 12.5. The van der Waals surface area contributed by atoms with Crippen LogP contribution < -0.4 is 10.1 Å². The molecule has 0 bridgehead atoms. The van der Waals surface area contributed by atoms with Crippen molar-refractivity contribution in [2.45, 2.75) is 38.6 Å². The predicted molar refractivity (Wildman–Crippen MR) is 92.2 cm³/mol. The van der Waals surface area contributed by atoms with Crippen molar-refractivity contribution in [3.05, 3.63) is 27.8 Å². The molecule has 24 heavy (non-hydrogen) atoms. The van der Waals surface area contributed by atoms with Gasteiger partial charge in [-0.15, -0.1) is 0 Å². The number of nitrogens with zero attached hydrogens (tertiary/aromatic N) is 2. The second kappa shape index (κ2) is 7.17. The Morgan fingerprint density at radius 3 is 2.54 bits per heavy atom. The first-order valence-corrected chi connectivity index (χ1v) is 8.20. The summed E-state index contributed by atoms with van der Waals surface area (Å²) in [6.07, 6.45) is 4.77. The van der Waals surface area contributed by atoms with Crippen LogP contribution in [0.25, 0.3) is 0 Å².